The molecule has 1 heterocycles. The van der Waals surface area contributed by atoms with Gasteiger partial charge in [0.15, 0.2) is 17.7 Å². The number of rotatable bonds is 6. The van der Waals surface area contributed by atoms with Gasteiger partial charge >= 0.3 is 0 Å². The van der Waals surface area contributed by atoms with Crippen LogP contribution in [0.4, 0.5) is 8.78 Å². The van der Waals surface area contributed by atoms with Crippen LogP contribution in [0.15, 0.2) is 18.2 Å². The molecule has 0 aliphatic carbocycles. The SMILES string of the molecule is CC(Oc1ccc(F)c(F)c1)C(=O)NCCN1CCN(C)CC1. The summed E-state index contributed by atoms with van der Waals surface area (Å²) in [5.74, 6) is -2.08. The Balaban J connectivity index is 1.71. The number of hydrogen-bond acceptors (Lipinski definition) is 4. The molecule has 23 heavy (non-hydrogen) atoms. The zero-order valence-corrected chi connectivity index (χ0v) is 13.5. The smallest absolute Gasteiger partial charge is 0.260 e. The van der Waals surface area contributed by atoms with Gasteiger partial charge < -0.3 is 15.0 Å². The molecule has 1 atom stereocenters. The topological polar surface area (TPSA) is 44.8 Å². The lowest BCUT2D eigenvalue weighted by Crippen LogP contribution is -2.47. The van der Waals surface area contributed by atoms with Crippen LogP contribution in [0.2, 0.25) is 0 Å². The van der Waals surface area contributed by atoms with Crippen LogP contribution in [0.3, 0.4) is 0 Å². The third kappa shape index (κ3) is 5.44. The van der Waals surface area contributed by atoms with Crippen molar-refractivity contribution in [2.75, 3.05) is 46.3 Å². The van der Waals surface area contributed by atoms with E-state index in [1.54, 1.807) is 6.92 Å². The second-order valence-electron chi connectivity index (χ2n) is 5.77. The Labute approximate surface area is 135 Å². The number of nitrogens with zero attached hydrogens (tertiary/aromatic N) is 2. The molecule has 2 rings (SSSR count). The molecule has 0 aromatic heterocycles. The molecule has 1 N–H and O–H groups in total. The normalized spacial score (nSPS) is 17.7. The van der Waals surface area contributed by atoms with E-state index in [-0.39, 0.29) is 11.7 Å². The van der Waals surface area contributed by atoms with Crippen molar-refractivity contribution in [1.82, 2.24) is 15.1 Å². The average Bonchev–Trinajstić information content (AvgIpc) is 2.52. The van der Waals surface area contributed by atoms with Crippen LogP contribution in [0.5, 0.6) is 5.75 Å². The quantitative estimate of drug-likeness (QED) is 0.850. The largest absolute Gasteiger partial charge is 0.481 e. The zero-order valence-electron chi connectivity index (χ0n) is 13.5. The molecule has 0 radical (unpaired) electrons. The summed E-state index contributed by atoms with van der Waals surface area (Å²) in [6.45, 7) is 6.95. The predicted octanol–water partition coefficient (Wildman–Crippen LogP) is 1.10. The molecular weight excluding hydrogens is 304 g/mol. The molecule has 5 nitrogen and oxygen atoms in total. The lowest BCUT2D eigenvalue weighted by Gasteiger charge is -2.32. The van der Waals surface area contributed by atoms with Crippen molar-refractivity contribution in [3.8, 4) is 5.75 Å². The van der Waals surface area contributed by atoms with Crippen LogP contribution >= 0.6 is 0 Å². The Kier molecular flexibility index (Phi) is 6.29. The number of amides is 1. The zero-order chi connectivity index (χ0) is 16.8. The summed E-state index contributed by atoms with van der Waals surface area (Å²) in [7, 11) is 2.09. The number of piperazine rings is 1. The van der Waals surface area contributed by atoms with Crippen molar-refractivity contribution in [1.29, 1.82) is 0 Å². The molecule has 1 aromatic rings. The van der Waals surface area contributed by atoms with Crippen molar-refractivity contribution in [3.05, 3.63) is 29.8 Å². The van der Waals surface area contributed by atoms with E-state index >= 15 is 0 Å². The first-order valence-corrected chi connectivity index (χ1v) is 7.76. The van der Waals surface area contributed by atoms with E-state index in [0.29, 0.717) is 6.54 Å². The molecule has 0 saturated carbocycles. The first-order chi connectivity index (χ1) is 11.0. The molecule has 1 aliphatic heterocycles. The summed E-state index contributed by atoms with van der Waals surface area (Å²) in [4.78, 5) is 16.5. The standard InChI is InChI=1S/C16H23F2N3O2/c1-12(23-13-3-4-14(17)15(18)11-13)16(22)19-5-6-21-9-7-20(2)8-10-21/h3-4,11-12H,5-10H2,1-2H3,(H,19,22). The van der Waals surface area contributed by atoms with Crippen LogP contribution in [0, 0.1) is 11.6 Å². The van der Waals surface area contributed by atoms with Gasteiger partial charge in [-0.2, -0.15) is 0 Å². The monoisotopic (exact) mass is 327 g/mol. The second kappa shape index (κ2) is 8.21. The molecule has 1 aliphatic rings. The van der Waals surface area contributed by atoms with E-state index in [1.807, 2.05) is 0 Å². The Morgan fingerprint density at radius 2 is 1.96 bits per heavy atom. The number of benzene rings is 1. The molecular formula is C16H23F2N3O2. The molecule has 7 heteroatoms. The van der Waals surface area contributed by atoms with E-state index in [0.717, 1.165) is 44.9 Å². The van der Waals surface area contributed by atoms with Crippen molar-refractivity contribution in [3.63, 3.8) is 0 Å². The maximum Gasteiger partial charge on any atom is 0.260 e. The van der Waals surface area contributed by atoms with Crippen LogP contribution < -0.4 is 10.1 Å². The highest BCUT2D eigenvalue weighted by Gasteiger charge is 2.17. The fourth-order valence-corrected chi connectivity index (χ4v) is 2.36. The van der Waals surface area contributed by atoms with Crippen LogP contribution in [0.1, 0.15) is 6.92 Å². The summed E-state index contributed by atoms with van der Waals surface area (Å²) >= 11 is 0. The first kappa shape index (κ1) is 17.6. The second-order valence-corrected chi connectivity index (χ2v) is 5.77. The minimum atomic E-state index is -0.995. The van der Waals surface area contributed by atoms with Gasteiger partial charge in [0.2, 0.25) is 0 Å². The third-order valence-electron chi connectivity index (χ3n) is 3.90. The van der Waals surface area contributed by atoms with Crippen LogP contribution in [-0.2, 0) is 4.79 Å². The van der Waals surface area contributed by atoms with Gasteiger partial charge in [-0.05, 0) is 26.1 Å². The van der Waals surface area contributed by atoms with E-state index in [9.17, 15) is 13.6 Å². The van der Waals surface area contributed by atoms with Gasteiger partial charge in [-0.25, -0.2) is 8.78 Å². The Morgan fingerprint density at radius 1 is 1.26 bits per heavy atom. The Bertz CT molecular complexity index is 534. The first-order valence-electron chi connectivity index (χ1n) is 7.76. The minimum absolute atomic E-state index is 0.130. The van der Waals surface area contributed by atoms with Gasteiger partial charge in [-0.15, -0.1) is 0 Å². The van der Waals surface area contributed by atoms with E-state index < -0.39 is 17.7 Å². The average molecular weight is 327 g/mol. The third-order valence-corrected chi connectivity index (χ3v) is 3.90. The van der Waals surface area contributed by atoms with Crippen molar-refractivity contribution in [2.45, 2.75) is 13.0 Å². The maximum atomic E-state index is 13.1. The fourth-order valence-electron chi connectivity index (χ4n) is 2.36. The van der Waals surface area contributed by atoms with Gasteiger partial charge in [0.1, 0.15) is 5.75 Å². The summed E-state index contributed by atoms with van der Waals surface area (Å²) in [5, 5.41) is 2.80. The molecule has 128 valence electrons. The summed E-state index contributed by atoms with van der Waals surface area (Å²) < 4.78 is 31.3. The number of nitrogens with one attached hydrogen (secondary N) is 1. The maximum absolute atomic E-state index is 13.1. The number of carbonyl (C=O) groups excluding carboxylic acids is 1. The highest BCUT2D eigenvalue weighted by atomic mass is 19.2. The number of carbonyl (C=O) groups is 1. The molecule has 1 amide bonds. The molecule has 0 bridgehead atoms. The van der Waals surface area contributed by atoms with Crippen LogP contribution in [-0.4, -0.2) is 68.1 Å². The van der Waals surface area contributed by atoms with Crippen molar-refractivity contribution in [2.24, 2.45) is 0 Å². The van der Waals surface area contributed by atoms with E-state index in [4.69, 9.17) is 4.74 Å². The molecule has 1 unspecified atom stereocenters. The fraction of sp³-hybridized carbons (Fsp3) is 0.562. The summed E-state index contributed by atoms with van der Waals surface area (Å²) in [5.41, 5.74) is 0. The molecule has 1 fully saturated rings. The molecule has 1 saturated heterocycles. The van der Waals surface area contributed by atoms with E-state index in [1.165, 1.54) is 6.07 Å². The van der Waals surface area contributed by atoms with Gasteiger partial charge in [0.25, 0.3) is 5.91 Å². The van der Waals surface area contributed by atoms with Crippen molar-refractivity contribution >= 4 is 5.91 Å². The van der Waals surface area contributed by atoms with Gasteiger partial charge in [0.05, 0.1) is 0 Å². The van der Waals surface area contributed by atoms with E-state index in [2.05, 4.69) is 22.2 Å². The van der Waals surface area contributed by atoms with Crippen LogP contribution in [0.25, 0.3) is 0 Å². The number of hydrogen-bond donors (Lipinski definition) is 1. The summed E-state index contributed by atoms with van der Waals surface area (Å²) in [6, 6.07) is 3.21. The number of likely N-dealkylation sites (N-methyl/N-ethyl adjacent to an activating group) is 1. The predicted molar refractivity (Wildman–Crippen MR) is 83.4 cm³/mol. The molecule has 0 spiro atoms. The molecule has 1 aromatic carbocycles. The van der Waals surface area contributed by atoms with Gasteiger partial charge in [-0.1, -0.05) is 0 Å². The highest BCUT2D eigenvalue weighted by Crippen LogP contribution is 2.16. The number of halogens is 2. The highest BCUT2D eigenvalue weighted by molar-refractivity contribution is 5.80. The van der Waals surface area contributed by atoms with Gasteiger partial charge in [0, 0.05) is 45.3 Å². The minimum Gasteiger partial charge on any atom is -0.481 e. The van der Waals surface area contributed by atoms with Crippen molar-refractivity contribution < 1.29 is 18.3 Å². The lowest BCUT2D eigenvalue weighted by atomic mass is 10.3. The van der Waals surface area contributed by atoms with Gasteiger partial charge in [-0.3, -0.25) is 9.69 Å². The Hall–Kier alpha value is -1.73. The summed E-state index contributed by atoms with van der Waals surface area (Å²) in [6.07, 6.45) is -0.771. The lowest BCUT2D eigenvalue weighted by molar-refractivity contribution is -0.127. The Morgan fingerprint density at radius 3 is 2.61 bits per heavy atom. The number of ether oxygens (including phenoxy) is 1.